The Balaban J connectivity index is 2.00. The molecule has 1 aromatic heterocycles. The summed E-state index contributed by atoms with van der Waals surface area (Å²) < 4.78 is 4.67. The van der Waals surface area contributed by atoms with Crippen LogP contribution in [0.1, 0.15) is 24.2 Å². The van der Waals surface area contributed by atoms with E-state index in [1.165, 1.54) is 12.8 Å². The molecule has 14 heavy (non-hydrogen) atoms. The Bertz CT molecular complexity index is 299. The first-order chi connectivity index (χ1) is 6.81. The monoisotopic (exact) mass is 196 g/mol. The number of hydrogen-bond donors (Lipinski definition) is 1. The summed E-state index contributed by atoms with van der Waals surface area (Å²) >= 11 is 0. The summed E-state index contributed by atoms with van der Waals surface area (Å²) in [5.74, 6) is 0. The molecule has 0 aromatic carbocycles. The number of rotatable bonds is 3. The minimum atomic E-state index is 0.506. The van der Waals surface area contributed by atoms with E-state index in [1.807, 2.05) is 6.92 Å². The molecular formula is C9H16N4O. The molecule has 5 heteroatoms. The van der Waals surface area contributed by atoms with Crippen molar-refractivity contribution in [1.82, 2.24) is 15.2 Å². The Morgan fingerprint density at radius 2 is 2.43 bits per heavy atom. The van der Waals surface area contributed by atoms with Gasteiger partial charge >= 0.3 is 0 Å². The zero-order chi connectivity index (χ0) is 9.97. The van der Waals surface area contributed by atoms with Gasteiger partial charge in [-0.25, -0.2) is 4.63 Å². The summed E-state index contributed by atoms with van der Waals surface area (Å²) in [5.41, 5.74) is 7.51. The number of aromatic nitrogens is 2. The number of hydrogen-bond acceptors (Lipinski definition) is 5. The zero-order valence-electron chi connectivity index (χ0n) is 8.44. The Morgan fingerprint density at radius 1 is 1.57 bits per heavy atom. The zero-order valence-corrected chi connectivity index (χ0v) is 8.44. The van der Waals surface area contributed by atoms with Crippen molar-refractivity contribution in [2.45, 2.75) is 32.4 Å². The molecule has 1 aliphatic heterocycles. The Kier molecular flexibility index (Phi) is 2.79. The van der Waals surface area contributed by atoms with Gasteiger partial charge in [0, 0.05) is 19.1 Å². The highest BCUT2D eigenvalue weighted by Crippen LogP contribution is 2.19. The number of nitrogens with two attached hydrogens (primary N) is 1. The molecule has 5 nitrogen and oxygen atoms in total. The van der Waals surface area contributed by atoms with Crippen LogP contribution >= 0.6 is 0 Å². The number of nitrogens with zero attached hydrogens (tertiary/aromatic N) is 3. The molecule has 1 fully saturated rings. The van der Waals surface area contributed by atoms with Crippen molar-refractivity contribution in [3.63, 3.8) is 0 Å². The van der Waals surface area contributed by atoms with E-state index in [1.54, 1.807) is 0 Å². The highest BCUT2D eigenvalue weighted by Gasteiger charge is 2.24. The second kappa shape index (κ2) is 4.06. The molecule has 2 N–H and O–H groups in total. The van der Waals surface area contributed by atoms with Gasteiger partial charge in [0.15, 0.2) is 0 Å². The molecule has 1 atom stereocenters. The predicted octanol–water partition coefficient (Wildman–Crippen LogP) is 0.301. The first kappa shape index (κ1) is 9.61. The van der Waals surface area contributed by atoms with Crippen LogP contribution in [-0.4, -0.2) is 34.3 Å². The van der Waals surface area contributed by atoms with Crippen molar-refractivity contribution in [2.24, 2.45) is 5.73 Å². The van der Waals surface area contributed by atoms with Gasteiger partial charge in [-0.3, -0.25) is 4.90 Å². The van der Waals surface area contributed by atoms with Gasteiger partial charge in [0.05, 0.1) is 0 Å². The molecule has 1 aliphatic rings. The smallest absolute Gasteiger partial charge is 0.122 e. The molecule has 1 saturated heterocycles. The lowest BCUT2D eigenvalue weighted by molar-refractivity contribution is 0.237. The molecule has 0 radical (unpaired) electrons. The molecule has 2 heterocycles. The van der Waals surface area contributed by atoms with Crippen LogP contribution in [0.4, 0.5) is 0 Å². The molecule has 0 spiro atoms. The molecule has 78 valence electrons. The first-order valence-corrected chi connectivity index (χ1v) is 5.03. The topological polar surface area (TPSA) is 68.2 Å². The van der Waals surface area contributed by atoms with E-state index in [-0.39, 0.29) is 0 Å². The van der Waals surface area contributed by atoms with Gasteiger partial charge in [-0.15, -0.1) is 0 Å². The van der Waals surface area contributed by atoms with Crippen LogP contribution < -0.4 is 5.73 Å². The highest BCUT2D eigenvalue weighted by molar-refractivity contribution is 5.05. The molecule has 0 bridgehead atoms. The number of likely N-dealkylation sites (tertiary alicyclic amines) is 1. The molecule has 2 rings (SSSR count). The summed E-state index contributed by atoms with van der Waals surface area (Å²) in [6.45, 7) is 4.56. The van der Waals surface area contributed by atoms with Crippen LogP contribution in [-0.2, 0) is 6.54 Å². The third-order valence-electron chi connectivity index (χ3n) is 2.87. The van der Waals surface area contributed by atoms with Gasteiger partial charge in [-0.05, 0) is 26.3 Å². The minimum Gasteiger partial charge on any atom is -0.329 e. The lowest BCUT2D eigenvalue weighted by Gasteiger charge is -2.21. The van der Waals surface area contributed by atoms with Crippen LogP contribution in [0.3, 0.4) is 0 Å². The fourth-order valence-electron chi connectivity index (χ4n) is 1.96. The van der Waals surface area contributed by atoms with E-state index < -0.39 is 0 Å². The van der Waals surface area contributed by atoms with E-state index in [2.05, 4.69) is 19.8 Å². The Morgan fingerprint density at radius 3 is 3.07 bits per heavy atom. The molecule has 0 aliphatic carbocycles. The minimum absolute atomic E-state index is 0.506. The van der Waals surface area contributed by atoms with Crippen molar-refractivity contribution in [3.05, 3.63) is 11.4 Å². The lowest BCUT2D eigenvalue weighted by atomic mass is 10.2. The van der Waals surface area contributed by atoms with Crippen LogP contribution in [0.5, 0.6) is 0 Å². The van der Waals surface area contributed by atoms with Gasteiger partial charge < -0.3 is 5.73 Å². The maximum Gasteiger partial charge on any atom is 0.122 e. The summed E-state index contributed by atoms with van der Waals surface area (Å²) in [6.07, 6.45) is 2.42. The van der Waals surface area contributed by atoms with E-state index in [0.29, 0.717) is 6.04 Å². The lowest BCUT2D eigenvalue weighted by Crippen LogP contribution is -2.35. The maximum absolute atomic E-state index is 5.69. The van der Waals surface area contributed by atoms with E-state index in [9.17, 15) is 0 Å². The van der Waals surface area contributed by atoms with E-state index >= 15 is 0 Å². The summed E-state index contributed by atoms with van der Waals surface area (Å²) in [4.78, 5) is 2.35. The summed E-state index contributed by atoms with van der Waals surface area (Å²) in [7, 11) is 0. The maximum atomic E-state index is 5.69. The van der Waals surface area contributed by atoms with Crippen LogP contribution in [0.15, 0.2) is 4.63 Å². The van der Waals surface area contributed by atoms with Crippen molar-refractivity contribution < 1.29 is 4.63 Å². The van der Waals surface area contributed by atoms with Crippen molar-refractivity contribution in [3.8, 4) is 0 Å². The predicted molar refractivity (Wildman–Crippen MR) is 51.5 cm³/mol. The van der Waals surface area contributed by atoms with Crippen LogP contribution in [0.25, 0.3) is 0 Å². The van der Waals surface area contributed by atoms with Crippen molar-refractivity contribution in [1.29, 1.82) is 0 Å². The fourth-order valence-corrected chi connectivity index (χ4v) is 1.96. The summed E-state index contributed by atoms with van der Waals surface area (Å²) in [5, 5.41) is 7.64. The SMILES string of the molecule is Cc1nonc1CN1CCCC1CN. The third kappa shape index (κ3) is 1.78. The normalized spacial score (nSPS) is 23.1. The van der Waals surface area contributed by atoms with Crippen molar-refractivity contribution in [2.75, 3.05) is 13.1 Å². The van der Waals surface area contributed by atoms with E-state index in [0.717, 1.165) is 31.0 Å². The molecule has 0 saturated carbocycles. The third-order valence-corrected chi connectivity index (χ3v) is 2.87. The first-order valence-electron chi connectivity index (χ1n) is 5.03. The Labute approximate surface area is 83.2 Å². The largest absolute Gasteiger partial charge is 0.329 e. The van der Waals surface area contributed by atoms with E-state index in [4.69, 9.17) is 5.73 Å². The standard InChI is InChI=1S/C9H16N4O/c1-7-9(12-14-11-7)6-13-4-2-3-8(13)5-10/h8H,2-6,10H2,1H3. The highest BCUT2D eigenvalue weighted by atomic mass is 16.6. The van der Waals surface area contributed by atoms with Gasteiger partial charge in [-0.2, -0.15) is 0 Å². The van der Waals surface area contributed by atoms with Gasteiger partial charge in [-0.1, -0.05) is 10.3 Å². The van der Waals surface area contributed by atoms with Crippen LogP contribution in [0, 0.1) is 6.92 Å². The second-order valence-corrected chi connectivity index (χ2v) is 3.80. The molecule has 1 unspecified atom stereocenters. The van der Waals surface area contributed by atoms with Gasteiger partial charge in [0.1, 0.15) is 11.4 Å². The second-order valence-electron chi connectivity index (χ2n) is 3.80. The van der Waals surface area contributed by atoms with Gasteiger partial charge in [0.2, 0.25) is 0 Å². The average molecular weight is 196 g/mol. The quantitative estimate of drug-likeness (QED) is 0.753. The number of aryl methyl sites for hydroxylation is 1. The fraction of sp³-hybridized carbons (Fsp3) is 0.778. The van der Waals surface area contributed by atoms with Gasteiger partial charge in [0.25, 0.3) is 0 Å². The molecule has 0 amide bonds. The Hall–Kier alpha value is -0.940. The summed E-state index contributed by atoms with van der Waals surface area (Å²) in [6, 6.07) is 0.506. The van der Waals surface area contributed by atoms with Crippen molar-refractivity contribution >= 4 is 0 Å². The average Bonchev–Trinajstić information content (AvgIpc) is 2.77. The van der Waals surface area contributed by atoms with Crippen LogP contribution in [0.2, 0.25) is 0 Å². The molecule has 1 aromatic rings. The molecular weight excluding hydrogens is 180 g/mol.